The molecule has 4 rings (SSSR count). The van der Waals surface area contributed by atoms with Gasteiger partial charge in [-0.3, -0.25) is 4.55 Å². The summed E-state index contributed by atoms with van der Waals surface area (Å²) in [4.78, 5) is 0. The molecule has 0 heterocycles. The molecule has 0 fully saturated rings. The van der Waals surface area contributed by atoms with Crippen molar-refractivity contribution >= 4 is 38.7 Å². The maximum Gasteiger partial charge on any atom is 0.261 e. The third kappa shape index (κ3) is 5.46. The molecular weight excluding hydrogens is 382 g/mol. The Morgan fingerprint density at radius 2 is 1.48 bits per heavy atom. The molecule has 1 aliphatic rings. The minimum atomic E-state index is -3.67. The first-order valence-electron chi connectivity index (χ1n) is 9.52. The van der Waals surface area contributed by atoms with E-state index in [1.54, 1.807) is 0 Å². The Morgan fingerprint density at radius 3 is 2.07 bits per heavy atom. The highest BCUT2D eigenvalue weighted by atomic mass is 32.2. The van der Waals surface area contributed by atoms with Crippen molar-refractivity contribution in [3.05, 3.63) is 76.9 Å². The summed E-state index contributed by atoms with van der Waals surface area (Å²) >= 11 is 0. The van der Waals surface area contributed by atoms with Crippen LogP contribution in [0.4, 0.5) is 5.69 Å². The summed E-state index contributed by atoms with van der Waals surface area (Å²) in [5.41, 5.74) is 6.74. The number of benzene rings is 3. The van der Waals surface area contributed by atoms with E-state index in [9.17, 15) is 8.42 Å². The maximum atomic E-state index is 9.19. The van der Waals surface area contributed by atoms with Crippen molar-refractivity contribution < 1.29 is 13.0 Å². The van der Waals surface area contributed by atoms with Crippen molar-refractivity contribution in [1.82, 2.24) is 0 Å². The Kier molecular flexibility index (Phi) is 5.82. The molecule has 3 aromatic rings. The summed E-state index contributed by atoms with van der Waals surface area (Å²) in [6, 6.07) is 19.9. The van der Waals surface area contributed by atoms with Crippen LogP contribution in [0.25, 0.3) is 22.9 Å². The summed E-state index contributed by atoms with van der Waals surface area (Å²) in [5, 5.41) is 6.29. The smallest absolute Gasteiger partial charge is 0.261 e. The van der Waals surface area contributed by atoms with Gasteiger partial charge in [0.15, 0.2) is 0 Å². The molecule has 0 aromatic heterocycles. The lowest BCUT2D eigenvalue weighted by Gasteiger charge is -2.19. The van der Waals surface area contributed by atoms with Crippen LogP contribution >= 0.6 is 0 Å². The van der Waals surface area contributed by atoms with Gasteiger partial charge >= 0.3 is 0 Å². The first-order chi connectivity index (χ1) is 13.5. The molecule has 0 radical (unpaired) electrons. The van der Waals surface area contributed by atoms with Gasteiger partial charge in [0, 0.05) is 17.6 Å². The van der Waals surface area contributed by atoms with E-state index in [0.717, 1.165) is 6.54 Å². The Bertz CT molecular complexity index is 1130. The Labute approximate surface area is 173 Å². The molecule has 0 amide bonds. The number of hydrogen-bond donors (Lipinski definition) is 2. The van der Waals surface area contributed by atoms with E-state index in [0.29, 0.717) is 6.26 Å². The summed E-state index contributed by atoms with van der Waals surface area (Å²) < 4.78 is 25.9. The minimum Gasteiger partial charge on any atom is -0.380 e. The van der Waals surface area contributed by atoms with Crippen LogP contribution in [0.5, 0.6) is 0 Å². The quantitative estimate of drug-likeness (QED) is 0.424. The van der Waals surface area contributed by atoms with Gasteiger partial charge in [-0.25, -0.2) is 0 Å². The van der Waals surface area contributed by atoms with Crippen LogP contribution in [-0.2, 0) is 22.1 Å². The standard InChI is InChI=1S/C23H23N.CH4O3S/c1-23(2,3)19-12-7-16(8-13-19)15-24-21-14-11-18-10-9-17-5-4-6-20(21)22(17)18;1-5(2,3)4/h4-14,24H,15H2,1-3H3;1H3,(H,2,3,4). The van der Waals surface area contributed by atoms with Gasteiger partial charge in [0.05, 0.1) is 6.26 Å². The molecule has 2 N–H and O–H groups in total. The van der Waals surface area contributed by atoms with Gasteiger partial charge in [-0.1, -0.05) is 81.5 Å². The van der Waals surface area contributed by atoms with E-state index < -0.39 is 10.1 Å². The maximum absolute atomic E-state index is 9.19. The molecule has 0 spiro atoms. The third-order valence-corrected chi connectivity index (χ3v) is 4.85. The van der Waals surface area contributed by atoms with E-state index in [4.69, 9.17) is 4.55 Å². The van der Waals surface area contributed by atoms with Crippen molar-refractivity contribution in [2.45, 2.75) is 32.7 Å². The SMILES string of the molecule is CC(C)(C)c1ccc(CNc2ccc3c4c(cccc24)C=C3)cc1.CS(=O)(=O)O. The molecule has 1 aliphatic carbocycles. The van der Waals surface area contributed by atoms with Gasteiger partial charge in [-0.15, -0.1) is 0 Å². The average molecular weight is 410 g/mol. The summed E-state index contributed by atoms with van der Waals surface area (Å²) in [6.45, 7) is 7.60. The molecule has 3 aromatic carbocycles. The molecule has 0 bridgehead atoms. The lowest BCUT2D eigenvalue weighted by atomic mass is 9.87. The average Bonchev–Trinajstić information content (AvgIpc) is 3.04. The topological polar surface area (TPSA) is 66.4 Å². The fourth-order valence-electron chi connectivity index (χ4n) is 3.39. The van der Waals surface area contributed by atoms with Crippen molar-refractivity contribution in [3.8, 4) is 0 Å². The monoisotopic (exact) mass is 409 g/mol. The van der Waals surface area contributed by atoms with Crippen LogP contribution in [0.15, 0.2) is 54.6 Å². The van der Waals surface area contributed by atoms with Crippen molar-refractivity contribution in [1.29, 1.82) is 0 Å². The van der Waals surface area contributed by atoms with E-state index in [1.165, 1.54) is 38.7 Å². The molecule has 0 saturated heterocycles. The van der Waals surface area contributed by atoms with Gasteiger partial charge in [0.25, 0.3) is 10.1 Å². The van der Waals surface area contributed by atoms with Crippen LogP contribution in [0.1, 0.15) is 43.0 Å². The molecule has 0 unspecified atom stereocenters. The Morgan fingerprint density at radius 1 is 0.897 bits per heavy atom. The second kappa shape index (κ2) is 8.01. The van der Waals surface area contributed by atoms with E-state index in [1.807, 2.05) is 0 Å². The molecular formula is C24H27NO3S. The van der Waals surface area contributed by atoms with Gasteiger partial charge in [0.2, 0.25) is 0 Å². The van der Waals surface area contributed by atoms with Crippen LogP contribution in [0, 0.1) is 0 Å². The largest absolute Gasteiger partial charge is 0.380 e. The Hall–Kier alpha value is -2.63. The van der Waals surface area contributed by atoms with Crippen LogP contribution in [0.3, 0.4) is 0 Å². The highest BCUT2D eigenvalue weighted by Crippen LogP contribution is 2.35. The molecule has 4 nitrogen and oxygen atoms in total. The number of anilines is 1. The molecule has 29 heavy (non-hydrogen) atoms. The summed E-state index contributed by atoms with van der Waals surface area (Å²) in [5.74, 6) is 0. The van der Waals surface area contributed by atoms with Crippen molar-refractivity contribution in [2.75, 3.05) is 11.6 Å². The van der Waals surface area contributed by atoms with Crippen LogP contribution in [0.2, 0.25) is 0 Å². The second-order valence-electron chi connectivity index (χ2n) is 8.34. The second-order valence-corrected chi connectivity index (χ2v) is 9.81. The van der Waals surface area contributed by atoms with Crippen LogP contribution < -0.4 is 5.32 Å². The highest BCUT2D eigenvalue weighted by molar-refractivity contribution is 7.85. The van der Waals surface area contributed by atoms with Crippen LogP contribution in [-0.4, -0.2) is 19.2 Å². The summed E-state index contributed by atoms with van der Waals surface area (Å²) in [7, 11) is -3.67. The molecule has 152 valence electrons. The van der Waals surface area contributed by atoms with Gasteiger partial charge in [0.1, 0.15) is 0 Å². The normalized spacial score (nSPS) is 12.6. The first-order valence-corrected chi connectivity index (χ1v) is 11.4. The minimum absolute atomic E-state index is 0.205. The Balaban J connectivity index is 0.000000431. The van der Waals surface area contributed by atoms with Crippen molar-refractivity contribution in [3.63, 3.8) is 0 Å². The van der Waals surface area contributed by atoms with E-state index in [-0.39, 0.29) is 5.41 Å². The van der Waals surface area contributed by atoms with Gasteiger partial charge in [-0.2, -0.15) is 8.42 Å². The number of hydrogen-bond acceptors (Lipinski definition) is 3. The van der Waals surface area contributed by atoms with E-state index >= 15 is 0 Å². The zero-order valence-corrected chi connectivity index (χ0v) is 18.0. The highest BCUT2D eigenvalue weighted by Gasteiger charge is 2.13. The molecule has 0 aliphatic heterocycles. The lowest BCUT2D eigenvalue weighted by molar-refractivity contribution is 0.490. The summed E-state index contributed by atoms with van der Waals surface area (Å²) in [6.07, 6.45) is 5.12. The fourth-order valence-corrected chi connectivity index (χ4v) is 3.39. The van der Waals surface area contributed by atoms with Crippen molar-refractivity contribution in [2.24, 2.45) is 0 Å². The van der Waals surface area contributed by atoms with E-state index in [2.05, 4.69) is 92.8 Å². The third-order valence-electron chi connectivity index (χ3n) is 4.85. The number of nitrogens with one attached hydrogen (secondary N) is 1. The molecule has 0 atom stereocenters. The zero-order chi connectivity index (χ0) is 21.2. The predicted molar refractivity (Wildman–Crippen MR) is 123 cm³/mol. The predicted octanol–water partition coefficient (Wildman–Crippen LogP) is 5.74. The van der Waals surface area contributed by atoms with Gasteiger partial charge in [-0.05, 0) is 39.1 Å². The first kappa shape index (κ1) is 21.1. The fraction of sp³-hybridized carbons (Fsp3) is 0.250. The molecule has 0 saturated carbocycles. The van der Waals surface area contributed by atoms with Gasteiger partial charge < -0.3 is 5.32 Å². The number of rotatable bonds is 3. The zero-order valence-electron chi connectivity index (χ0n) is 17.2. The molecule has 5 heteroatoms. The lowest BCUT2D eigenvalue weighted by Crippen LogP contribution is -2.11.